The Hall–Kier alpha value is -1.48. The van der Waals surface area contributed by atoms with Crippen LogP contribution in [0.5, 0.6) is 0 Å². The summed E-state index contributed by atoms with van der Waals surface area (Å²) in [5.41, 5.74) is 2.02. The maximum absolute atomic E-state index is 6.15. The number of halogens is 2. The van der Waals surface area contributed by atoms with E-state index in [0.717, 1.165) is 35.3 Å². The van der Waals surface area contributed by atoms with Crippen molar-refractivity contribution in [1.29, 1.82) is 0 Å². The van der Waals surface area contributed by atoms with E-state index in [1.807, 2.05) is 30.3 Å². The Bertz CT molecular complexity index is 718. The van der Waals surface area contributed by atoms with Crippen LogP contribution in [0, 0.1) is 0 Å². The highest BCUT2D eigenvalue weighted by Crippen LogP contribution is 2.21. The number of benzene rings is 2. The Morgan fingerprint density at radius 3 is 2.67 bits per heavy atom. The van der Waals surface area contributed by atoms with E-state index in [1.54, 1.807) is 6.07 Å². The summed E-state index contributed by atoms with van der Waals surface area (Å²) in [7, 11) is 0. The van der Waals surface area contributed by atoms with Gasteiger partial charge < -0.3 is 9.73 Å². The Morgan fingerprint density at radius 2 is 1.86 bits per heavy atom. The van der Waals surface area contributed by atoms with E-state index in [0.29, 0.717) is 16.6 Å². The minimum absolute atomic E-state index is 0.666. The fourth-order valence-corrected chi connectivity index (χ4v) is 2.79. The molecule has 0 spiro atoms. The van der Waals surface area contributed by atoms with Crippen LogP contribution in [0.4, 0.5) is 0 Å². The lowest BCUT2D eigenvalue weighted by Crippen LogP contribution is -2.16. The van der Waals surface area contributed by atoms with Gasteiger partial charge in [0.1, 0.15) is 11.3 Å². The number of nitrogens with one attached hydrogen (secondary N) is 1. The van der Waals surface area contributed by atoms with Gasteiger partial charge in [-0.15, -0.1) is 0 Å². The van der Waals surface area contributed by atoms with Crippen LogP contribution < -0.4 is 5.32 Å². The van der Waals surface area contributed by atoms with Crippen LogP contribution in [0.2, 0.25) is 10.0 Å². The number of para-hydroxylation sites is 1. The van der Waals surface area contributed by atoms with Gasteiger partial charge in [0.2, 0.25) is 0 Å². The van der Waals surface area contributed by atoms with Crippen LogP contribution in [0.3, 0.4) is 0 Å². The largest absolute Gasteiger partial charge is 0.460 e. The molecule has 0 saturated heterocycles. The highest BCUT2D eigenvalue weighted by atomic mass is 35.5. The molecule has 1 aromatic heterocycles. The zero-order valence-electron chi connectivity index (χ0n) is 11.4. The first-order valence-electron chi connectivity index (χ1n) is 6.84. The zero-order chi connectivity index (χ0) is 14.7. The van der Waals surface area contributed by atoms with Crippen molar-refractivity contribution in [2.75, 3.05) is 6.54 Å². The number of fused-ring (bicyclic) bond motifs is 1. The SMILES string of the molecule is Clc1ccc(CCNCc2cc3ccccc3o2)c(Cl)c1. The van der Waals surface area contributed by atoms with Crippen molar-refractivity contribution in [3.8, 4) is 0 Å². The van der Waals surface area contributed by atoms with Crippen molar-refractivity contribution in [1.82, 2.24) is 5.32 Å². The Labute approximate surface area is 133 Å². The second-order valence-electron chi connectivity index (χ2n) is 4.91. The fourth-order valence-electron chi connectivity index (χ4n) is 2.28. The molecule has 0 aliphatic heterocycles. The molecule has 2 aromatic carbocycles. The van der Waals surface area contributed by atoms with Gasteiger partial charge >= 0.3 is 0 Å². The number of furan rings is 1. The van der Waals surface area contributed by atoms with Gasteiger partial charge in [0, 0.05) is 15.4 Å². The van der Waals surface area contributed by atoms with Gasteiger partial charge in [0.15, 0.2) is 0 Å². The predicted octanol–water partition coefficient (Wildman–Crippen LogP) is 5.07. The molecule has 2 nitrogen and oxygen atoms in total. The van der Waals surface area contributed by atoms with Crippen LogP contribution >= 0.6 is 23.2 Å². The second-order valence-corrected chi connectivity index (χ2v) is 5.76. The lowest BCUT2D eigenvalue weighted by atomic mass is 10.1. The van der Waals surface area contributed by atoms with E-state index < -0.39 is 0 Å². The van der Waals surface area contributed by atoms with Crippen LogP contribution in [0.25, 0.3) is 11.0 Å². The van der Waals surface area contributed by atoms with Gasteiger partial charge in [-0.3, -0.25) is 0 Å². The molecule has 0 saturated carbocycles. The molecule has 0 unspecified atom stereocenters. The van der Waals surface area contributed by atoms with Crippen molar-refractivity contribution >= 4 is 34.2 Å². The van der Waals surface area contributed by atoms with E-state index in [2.05, 4.69) is 17.4 Å². The summed E-state index contributed by atoms with van der Waals surface area (Å²) in [6, 6.07) is 15.7. The average molecular weight is 320 g/mol. The average Bonchev–Trinajstić information content (AvgIpc) is 2.88. The molecule has 3 rings (SSSR count). The number of hydrogen-bond donors (Lipinski definition) is 1. The fraction of sp³-hybridized carbons (Fsp3) is 0.176. The summed E-state index contributed by atoms with van der Waals surface area (Å²) in [6.07, 6.45) is 0.857. The van der Waals surface area contributed by atoms with Crippen molar-refractivity contribution in [3.63, 3.8) is 0 Å². The van der Waals surface area contributed by atoms with E-state index >= 15 is 0 Å². The molecule has 108 valence electrons. The molecule has 1 N–H and O–H groups in total. The quantitative estimate of drug-likeness (QED) is 0.664. The highest BCUT2D eigenvalue weighted by molar-refractivity contribution is 6.35. The van der Waals surface area contributed by atoms with Crippen molar-refractivity contribution in [2.24, 2.45) is 0 Å². The summed E-state index contributed by atoms with van der Waals surface area (Å²) in [6.45, 7) is 1.54. The third kappa shape index (κ3) is 3.59. The maximum Gasteiger partial charge on any atom is 0.134 e. The summed E-state index contributed by atoms with van der Waals surface area (Å²) in [5, 5.41) is 5.88. The van der Waals surface area contributed by atoms with Gasteiger partial charge in [-0.1, -0.05) is 47.5 Å². The molecular formula is C17H15Cl2NO. The van der Waals surface area contributed by atoms with Gasteiger partial charge in [-0.25, -0.2) is 0 Å². The standard InChI is InChI=1S/C17H15Cl2NO/c18-14-6-5-12(16(19)10-14)7-8-20-11-15-9-13-3-1-2-4-17(13)21-15/h1-6,9-10,20H,7-8,11H2. The van der Waals surface area contributed by atoms with Crippen molar-refractivity contribution in [2.45, 2.75) is 13.0 Å². The molecular weight excluding hydrogens is 305 g/mol. The van der Waals surface area contributed by atoms with E-state index in [-0.39, 0.29) is 0 Å². The van der Waals surface area contributed by atoms with Crippen LogP contribution in [0.15, 0.2) is 52.9 Å². The summed E-state index contributed by atoms with van der Waals surface area (Å²) in [5.74, 6) is 0.943. The molecule has 0 amide bonds. The Balaban J connectivity index is 1.54. The summed E-state index contributed by atoms with van der Waals surface area (Å²) in [4.78, 5) is 0. The molecule has 21 heavy (non-hydrogen) atoms. The summed E-state index contributed by atoms with van der Waals surface area (Å²) >= 11 is 12.0. The van der Waals surface area contributed by atoms with Crippen LogP contribution in [-0.2, 0) is 13.0 Å². The molecule has 1 heterocycles. The smallest absolute Gasteiger partial charge is 0.134 e. The van der Waals surface area contributed by atoms with E-state index in [4.69, 9.17) is 27.6 Å². The van der Waals surface area contributed by atoms with E-state index in [1.165, 1.54) is 0 Å². The summed E-state index contributed by atoms with van der Waals surface area (Å²) < 4.78 is 5.75. The monoisotopic (exact) mass is 319 g/mol. The molecule has 0 bridgehead atoms. The Morgan fingerprint density at radius 1 is 1.00 bits per heavy atom. The zero-order valence-corrected chi connectivity index (χ0v) is 12.9. The first-order chi connectivity index (χ1) is 10.2. The van der Waals surface area contributed by atoms with Gasteiger partial charge in [-0.2, -0.15) is 0 Å². The second kappa shape index (κ2) is 6.52. The lowest BCUT2D eigenvalue weighted by Gasteiger charge is -2.05. The number of rotatable bonds is 5. The Kier molecular flexibility index (Phi) is 4.49. The van der Waals surface area contributed by atoms with Crippen molar-refractivity contribution < 1.29 is 4.42 Å². The molecule has 0 atom stereocenters. The van der Waals surface area contributed by atoms with Crippen LogP contribution in [0.1, 0.15) is 11.3 Å². The normalized spacial score (nSPS) is 11.1. The third-order valence-corrected chi connectivity index (χ3v) is 3.95. The van der Waals surface area contributed by atoms with Gasteiger partial charge in [0.25, 0.3) is 0 Å². The maximum atomic E-state index is 6.15. The molecule has 0 aliphatic carbocycles. The predicted molar refractivity (Wildman–Crippen MR) is 88.1 cm³/mol. The molecule has 0 aliphatic rings. The molecule has 3 aromatic rings. The minimum atomic E-state index is 0.666. The van der Waals surface area contributed by atoms with E-state index in [9.17, 15) is 0 Å². The van der Waals surface area contributed by atoms with Gasteiger partial charge in [0.05, 0.1) is 6.54 Å². The van der Waals surface area contributed by atoms with Gasteiger partial charge in [-0.05, 0) is 42.8 Å². The first-order valence-corrected chi connectivity index (χ1v) is 7.60. The van der Waals surface area contributed by atoms with Crippen molar-refractivity contribution in [3.05, 3.63) is 69.9 Å². The molecule has 4 heteroatoms. The molecule has 0 fully saturated rings. The topological polar surface area (TPSA) is 25.2 Å². The highest BCUT2D eigenvalue weighted by Gasteiger charge is 2.04. The van der Waals surface area contributed by atoms with Crippen LogP contribution in [-0.4, -0.2) is 6.54 Å². The number of hydrogen-bond acceptors (Lipinski definition) is 2. The molecule has 0 radical (unpaired) electrons. The lowest BCUT2D eigenvalue weighted by molar-refractivity contribution is 0.515. The first kappa shape index (κ1) is 14.5. The third-order valence-electron chi connectivity index (χ3n) is 3.36. The minimum Gasteiger partial charge on any atom is -0.460 e.